The van der Waals surface area contributed by atoms with Gasteiger partial charge in [-0.1, -0.05) is 0 Å². The minimum absolute atomic E-state index is 0.0474. The Morgan fingerprint density at radius 2 is 2.07 bits per heavy atom. The highest BCUT2D eigenvalue weighted by Gasteiger charge is 2.26. The van der Waals surface area contributed by atoms with Crippen LogP contribution in [-0.4, -0.2) is 42.5 Å². The standard InChI is InChI=1S/C10H17N3O2/c14-9-8(4-3-5-11-9)12-10(15)13-6-1-2-7-13/h8H,1-7H2,(H,11,14)(H,12,15). The van der Waals surface area contributed by atoms with E-state index in [4.69, 9.17) is 0 Å². The van der Waals surface area contributed by atoms with Crippen LogP contribution < -0.4 is 10.6 Å². The summed E-state index contributed by atoms with van der Waals surface area (Å²) in [4.78, 5) is 24.9. The first kappa shape index (κ1) is 10.3. The third-order valence-corrected chi connectivity index (χ3v) is 2.98. The lowest BCUT2D eigenvalue weighted by Gasteiger charge is -2.25. The lowest BCUT2D eigenvalue weighted by molar-refractivity contribution is -0.124. The van der Waals surface area contributed by atoms with Crippen LogP contribution in [0.15, 0.2) is 0 Å². The molecular formula is C10H17N3O2. The predicted molar refractivity (Wildman–Crippen MR) is 55.4 cm³/mol. The molecule has 0 spiro atoms. The summed E-state index contributed by atoms with van der Waals surface area (Å²) in [5.41, 5.74) is 0. The van der Waals surface area contributed by atoms with Crippen molar-refractivity contribution in [3.05, 3.63) is 0 Å². The molecule has 2 rings (SSSR count). The van der Waals surface area contributed by atoms with Crippen LogP contribution in [0.2, 0.25) is 0 Å². The second-order valence-electron chi connectivity index (χ2n) is 4.13. The fourth-order valence-electron chi connectivity index (χ4n) is 2.07. The molecule has 2 fully saturated rings. The molecule has 2 N–H and O–H groups in total. The normalized spacial score (nSPS) is 26.3. The zero-order valence-electron chi connectivity index (χ0n) is 8.79. The summed E-state index contributed by atoms with van der Waals surface area (Å²) in [5, 5.41) is 5.54. The molecule has 0 aliphatic carbocycles. The van der Waals surface area contributed by atoms with Crippen molar-refractivity contribution in [1.29, 1.82) is 0 Å². The van der Waals surface area contributed by atoms with Gasteiger partial charge in [0.05, 0.1) is 0 Å². The van der Waals surface area contributed by atoms with Gasteiger partial charge in [0.25, 0.3) is 0 Å². The highest BCUT2D eigenvalue weighted by molar-refractivity contribution is 5.87. The lowest BCUT2D eigenvalue weighted by atomic mass is 10.1. The maximum Gasteiger partial charge on any atom is 0.318 e. The van der Waals surface area contributed by atoms with Crippen LogP contribution in [0, 0.1) is 0 Å². The maximum atomic E-state index is 11.7. The highest BCUT2D eigenvalue weighted by atomic mass is 16.2. The summed E-state index contributed by atoms with van der Waals surface area (Å²) in [7, 11) is 0. The molecule has 0 aromatic heterocycles. The molecule has 0 saturated carbocycles. The molecule has 0 aromatic rings. The number of urea groups is 1. The molecule has 1 unspecified atom stereocenters. The molecule has 0 radical (unpaired) electrons. The Labute approximate surface area is 89.2 Å². The first-order valence-corrected chi connectivity index (χ1v) is 5.60. The third-order valence-electron chi connectivity index (χ3n) is 2.98. The molecule has 0 bridgehead atoms. The van der Waals surface area contributed by atoms with E-state index in [-0.39, 0.29) is 18.0 Å². The zero-order valence-corrected chi connectivity index (χ0v) is 8.79. The molecule has 2 aliphatic heterocycles. The number of likely N-dealkylation sites (tertiary alicyclic amines) is 1. The lowest BCUT2D eigenvalue weighted by Crippen LogP contribution is -2.53. The summed E-state index contributed by atoms with van der Waals surface area (Å²) in [6.07, 6.45) is 3.84. The first-order valence-electron chi connectivity index (χ1n) is 5.60. The Kier molecular flexibility index (Phi) is 3.08. The van der Waals surface area contributed by atoms with Gasteiger partial charge >= 0.3 is 6.03 Å². The first-order chi connectivity index (χ1) is 7.27. The Balaban J connectivity index is 1.84. The molecule has 5 nitrogen and oxygen atoms in total. The van der Waals surface area contributed by atoms with Gasteiger partial charge in [0.15, 0.2) is 0 Å². The minimum Gasteiger partial charge on any atom is -0.354 e. The average Bonchev–Trinajstić information content (AvgIpc) is 2.74. The van der Waals surface area contributed by atoms with Crippen molar-refractivity contribution in [3.8, 4) is 0 Å². The van der Waals surface area contributed by atoms with Gasteiger partial charge in [-0.05, 0) is 25.7 Å². The Bertz CT molecular complexity index is 261. The van der Waals surface area contributed by atoms with Gasteiger partial charge in [-0.25, -0.2) is 4.79 Å². The molecule has 2 heterocycles. The topological polar surface area (TPSA) is 61.4 Å². The average molecular weight is 211 g/mol. The van der Waals surface area contributed by atoms with E-state index in [1.165, 1.54) is 0 Å². The molecule has 3 amide bonds. The van der Waals surface area contributed by atoms with E-state index in [0.29, 0.717) is 0 Å². The third kappa shape index (κ3) is 2.40. The van der Waals surface area contributed by atoms with Crippen molar-refractivity contribution in [2.45, 2.75) is 31.7 Å². The number of nitrogens with one attached hydrogen (secondary N) is 2. The summed E-state index contributed by atoms with van der Waals surface area (Å²) < 4.78 is 0. The van der Waals surface area contributed by atoms with Gasteiger partial charge < -0.3 is 15.5 Å². The van der Waals surface area contributed by atoms with Crippen LogP contribution in [0.4, 0.5) is 4.79 Å². The molecule has 0 aromatic carbocycles. The summed E-state index contributed by atoms with van der Waals surface area (Å²) >= 11 is 0. The van der Waals surface area contributed by atoms with Crippen molar-refractivity contribution >= 4 is 11.9 Å². The highest BCUT2D eigenvalue weighted by Crippen LogP contribution is 2.09. The van der Waals surface area contributed by atoms with Crippen molar-refractivity contribution in [2.24, 2.45) is 0 Å². The van der Waals surface area contributed by atoms with E-state index in [0.717, 1.165) is 45.3 Å². The van der Waals surface area contributed by atoms with Crippen molar-refractivity contribution in [2.75, 3.05) is 19.6 Å². The number of rotatable bonds is 1. The molecule has 84 valence electrons. The molecule has 15 heavy (non-hydrogen) atoms. The minimum atomic E-state index is -0.327. The van der Waals surface area contributed by atoms with Crippen molar-refractivity contribution in [1.82, 2.24) is 15.5 Å². The number of hydrogen-bond acceptors (Lipinski definition) is 2. The van der Waals surface area contributed by atoms with Crippen LogP contribution in [0.25, 0.3) is 0 Å². The summed E-state index contributed by atoms with van der Waals surface area (Å²) in [6, 6.07) is -0.415. The Morgan fingerprint density at radius 3 is 2.73 bits per heavy atom. The van der Waals surface area contributed by atoms with Crippen molar-refractivity contribution < 1.29 is 9.59 Å². The van der Waals surface area contributed by atoms with E-state index >= 15 is 0 Å². The zero-order chi connectivity index (χ0) is 10.7. The Hall–Kier alpha value is -1.26. The molecular weight excluding hydrogens is 194 g/mol. The van der Waals surface area contributed by atoms with E-state index in [1.807, 2.05) is 0 Å². The number of hydrogen-bond donors (Lipinski definition) is 2. The van der Waals surface area contributed by atoms with Crippen molar-refractivity contribution in [3.63, 3.8) is 0 Å². The smallest absolute Gasteiger partial charge is 0.318 e. The van der Waals surface area contributed by atoms with E-state index in [2.05, 4.69) is 10.6 Å². The summed E-state index contributed by atoms with van der Waals surface area (Å²) in [5.74, 6) is -0.0474. The number of nitrogens with zero attached hydrogens (tertiary/aromatic N) is 1. The van der Waals surface area contributed by atoms with Gasteiger partial charge in [-0.2, -0.15) is 0 Å². The summed E-state index contributed by atoms with van der Waals surface area (Å²) in [6.45, 7) is 2.37. The van der Waals surface area contributed by atoms with E-state index < -0.39 is 0 Å². The number of carbonyl (C=O) groups is 2. The van der Waals surface area contributed by atoms with Crippen LogP contribution in [0.1, 0.15) is 25.7 Å². The van der Waals surface area contributed by atoms with Gasteiger partial charge in [-0.3, -0.25) is 4.79 Å². The fourth-order valence-corrected chi connectivity index (χ4v) is 2.07. The SMILES string of the molecule is O=C1NCCCC1NC(=O)N1CCCC1. The number of carbonyl (C=O) groups excluding carboxylic acids is 2. The monoisotopic (exact) mass is 211 g/mol. The second-order valence-corrected chi connectivity index (χ2v) is 4.13. The fraction of sp³-hybridized carbons (Fsp3) is 0.800. The number of amides is 3. The largest absolute Gasteiger partial charge is 0.354 e. The second kappa shape index (κ2) is 4.51. The van der Waals surface area contributed by atoms with Gasteiger partial charge in [0.2, 0.25) is 5.91 Å². The molecule has 2 saturated heterocycles. The van der Waals surface area contributed by atoms with Crippen LogP contribution in [0.5, 0.6) is 0 Å². The maximum absolute atomic E-state index is 11.7. The van der Waals surface area contributed by atoms with Gasteiger partial charge in [0, 0.05) is 19.6 Å². The molecule has 2 aliphatic rings. The Morgan fingerprint density at radius 1 is 1.33 bits per heavy atom. The molecule has 5 heteroatoms. The predicted octanol–water partition coefficient (Wildman–Crippen LogP) is 0.0704. The van der Waals surface area contributed by atoms with Crippen LogP contribution >= 0.6 is 0 Å². The van der Waals surface area contributed by atoms with Crippen LogP contribution in [0.3, 0.4) is 0 Å². The van der Waals surface area contributed by atoms with E-state index in [1.54, 1.807) is 4.90 Å². The quantitative estimate of drug-likeness (QED) is 0.644. The molecule has 1 atom stereocenters. The number of piperidine rings is 1. The van der Waals surface area contributed by atoms with E-state index in [9.17, 15) is 9.59 Å². The van der Waals surface area contributed by atoms with Gasteiger partial charge in [0.1, 0.15) is 6.04 Å². The van der Waals surface area contributed by atoms with Gasteiger partial charge in [-0.15, -0.1) is 0 Å². The van der Waals surface area contributed by atoms with Crippen LogP contribution in [-0.2, 0) is 4.79 Å².